The molecule has 0 radical (unpaired) electrons. The van der Waals surface area contributed by atoms with E-state index >= 15 is 0 Å². The van der Waals surface area contributed by atoms with Crippen molar-refractivity contribution in [3.63, 3.8) is 0 Å². The normalized spacial score (nSPS) is 20.6. The molecule has 1 saturated heterocycles. The molecule has 0 saturated carbocycles. The zero-order chi connectivity index (χ0) is 13.0. The van der Waals surface area contributed by atoms with Gasteiger partial charge in [-0.15, -0.1) is 0 Å². The Morgan fingerprint density at radius 2 is 1.67 bits per heavy atom. The summed E-state index contributed by atoms with van der Waals surface area (Å²) in [5.74, 6) is 0.693. The molecule has 1 heterocycles. The number of piperidine rings is 1. The van der Waals surface area contributed by atoms with Crippen molar-refractivity contribution in [3.05, 3.63) is 35.4 Å². The maximum Gasteiger partial charge on any atom is 0.104 e. The van der Waals surface area contributed by atoms with Gasteiger partial charge < -0.3 is 4.48 Å². The topological polar surface area (TPSA) is 0 Å². The Kier molecular flexibility index (Phi) is 4.45. The van der Waals surface area contributed by atoms with Crippen LogP contribution in [0.1, 0.15) is 56.6 Å². The van der Waals surface area contributed by atoms with E-state index in [0.29, 0.717) is 5.92 Å². The van der Waals surface area contributed by atoms with Crippen molar-refractivity contribution < 1.29 is 4.48 Å². The Hall–Kier alpha value is -0.820. The fraction of sp³-hybridized carbons (Fsp3) is 0.647. The van der Waals surface area contributed by atoms with Gasteiger partial charge in [0.05, 0.1) is 20.1 Å². The van der Waals surface area contributed by atoms with E-state index in [-0.39, 0.29) is 0 Å². The van der Waals surface area contributed by atoms with Gasteiger partial charge in [-0.25, -0.2) is 0 Å². The Labute approximate surface area is 112 Å². The SMILES string of the molecule is CCC(C)c1ccc(C[N+]2(C)CCCCC2)cc1. The summed E-state index contributed by atoms with van der Waals surface area (Å²) in [4.78, 5) is 0. The minimum absolute atomic E-state index is 0.693. The Morgan fingerprint density at radius 1 is 1.06 bits per heavy atom. The van der Waals surface area contributed by atoms with Gasteiger partial charge in [-0.1, -0.05) is 38.1 Å². The maximum atomic E-state index is 2.42. The largest absolute Gasteiger partial charge is 0.322 e. The van der Waals surface area contributed by atoms with E-state index in [4.69, 9.17) is 0 Å². The van der Waals surface area contributed by atoms with Gasteiger partial charge in [0.2, 0.25) is 0 Å². The van der Waals surface area contributed by atoms with Crippen LogP contribution in [0.3, 0.4) is 0 Å². The van der Waals surface area contributed by atoms with Crippen LogP contribution < -0.4 is 0 Å². The van der Waals surface area contributed by atoms with Gasteiger partial charge in [-0.05, 0) is 37.2 Å². The number of nitrogens with zero attached hydrogens (tertiary/aromatic N) is 1. The fourth-order valence-electron chi connectivity index (χ4n) is 3.06. The second-order valence-corrected chi connectivity index (χ2v) is 6.34. The molecule has 1 aliphatic heterocycles. The number of hydrogen-bond acceptors (Lipinski definition) is 0. The minimum atomic E-state index is 0.693. The van der Waals surface area contributed by atoms with Gasteiger partial charge in [-0.2, -0.15) is 0 Å². The van der Waals surface area contributed by atoms with Crippen LogP contribution in [0, 0.1) is 0 Å². The summed E-state index contributed by atoms with van der Waals surface area (Å²) in [6.45, 7) is 8.49. The summed E-state index contributed by atoms with van der Waals surface area (Å²) < 4.78 is 1.24. The lowest BCUT2D eigenvalue weighted by atomic mass is 9.97. The van der Waals surface area contributed by atoms with Gasteiger partial charge in [-0.3, -0.25) is 0 Å². The summed E-state index contributed by atoms with van der Waals surface area (Å²) in [7, 11) is 2.42. The van der Waals surface area contributed by atoms with Crippen LogP contribution in [0.5, 0.6) is 0 Å². The smallest absolute Gasteiger partial charge is 0.104 e. The molecule has 1 atom stereocenters. The molecule has 0 aliphatic carbocycles. The first kappa shape index (κ1) is 13.6. The van der Waals surface area contributed by atoms with E-state index in [1.165, 1.54) is 60.9 Å². The van der Waals surface area contributed by atoms with Crippen LogP contribution in [0.4, 0.5) is 0 Å². The van der Waals surface area contributed by atoms with Crippen LogP contribution in [-0.4, -0.2) is 24.6 Å². The predicted octanol–water partition coefficient (Wildman–Crippen LogP) is 4.33. The highest BCUT2D eigenvalue weighted by atomic mass is 15.3. The number of rotatable bonds is 4. The van der Waals surface area contributed by atoms with Gasteiger partial charge in [0, 0.05) is 5.56 Å². The van der Waals surface area contributed by atoms with Crippen LogP contribution >= 0.6 is 0 Å². The first-order valence-corrected chi connectivity index (χ1v) is 7.55. The monoisotopic (exact) mass is 246 g/mol. The van der Waals surface area contributed by atoms with Crippen LogP contribution in [0.2, 0.25) is 0 Å². The highest BCUT2D eigenvalue weighted by Crippen LogP contribution is 2.23. The average Bonchev–Trinajstić information content (AvgIpc) is 2.39. The lowest BCUT2D eigenvalue weighted by molar-refractivity contribution is -0.926. The van der Waals surface area contributed by atoms with Gasteiger partial charge in [0.1, 0.15) is 6.54 Å². The number of benzene rings is 1. The molecule has 0 bridgehead atoms. The second kappa shape index (κ2) is 5.88. The van der Waals surface area contributed by atoms with Crippen LogP contribution in [0.25, 0.3) is 0 Å². The quantitative estimate of drug-likeness (QED) is 0.694. The first-order valence-electron chi connectivity index (χ1n) is 7.55. The van der Waals surface area contributed by atoms with E-state index in [9.17, 15) is 0 Å². The van der Waals surface area contributed by atoms with Gasteiger partial charge in [0.25, 0.3) is 0 Å². The van der Waals surface area contributed by atoms with E-state index in [0.717, 1.165) is 0 Å². The summed E-state index contributed by atoms with van der Waals surface area (Å²) in [6, 6.07) is 9.36. The third-order valence-corrected chi connectivity index (χ3v) is 4.62. The van der Waals surface area contributed by atoms with Crippen molar-refractivity contribution in [2.24, 2.45) is 0 Å². The van der Waals surface area contributed by atoms with Crippen LogP contribution in [-0.2, 0) is 6.54 Å². The minimum Gasteiger partial charge on any atom is -0.322 e. The van der Waals surface area contributed by atoms with E-state index in [1.807, 2.05) is 0 Å². The predicted molar refractivity (Wildman–Crippen MR) is 78.6 cm³/mol. The molecule has 18 heavy (non-hydrogen) atoms. The molecule has 1 nitrogen and oxygen atoms in total. The third kappa shape index (κ3) is 3.35. The van der Waals surface area contributed by atoms with Crippen molar-refractivity contribution in [3.8, 4) is 0 Å². The molecular weight excluding hydrogens is 218 g/mol. The number of likely N-dealkylation sites (tertiary alicyclic amines) is 1. The number of quaternary nitrogens is 1. The molecule has 1 heteroatoms. The summed E-state index contributed by atoms with van der Waals surface area (Å²) in [5.41, 5.74) is 2.99. The average molecular weight is 246 g/mol. The molecular formula is C17H28N+. The molecule has 0 N–H and O–H groups in total. The number of hydrogen-bond donors (Lipinski definition) is 0. The molecule has 1 fully saturated rings. The summed E-state index contributed by atoms with van der Waals surface area (Å²) >= 11 is 0. The zero-order valence-electron chi connectivity index (χ0n) is 12.3. The Balaban J connectivity index is 2.01. The second-order valence-electron chi connectivity index (χ2n) is 6.34. The summed E-state index contributed by atoms with van der Waals surface area (Å²) in [6.07, 6.45) is 5.47. The molecule has 0 aromatic heterocycles. The molecule has 1 aromatic rings. The first-order chi connectivity index (χ1) is 8.63. The van der Waals surface area contributed by atoms with Crippen molar-refractivity contribution in [2.45, 2.75) is 52.0 Å². The Morgan fingerprint density at radius 3 is 2.22 bits per heavy atom. The highest BCUT2D eigenvalue weighted by molar-refractivity contribution is 5.24. The van der Waals surface area contributed by atoms with E-state index in [1.54, 1.807) is 0 Å². The van der Waals surface area contributed by atoms with Crippen molar-refractivity contribution in [2.75, 3.05) is 20.1 Å². The van der Waals surface area contributed by atoms with E-state index in [2.05, 4.69) is 45.2 Å². The molecule has 1 aromatic carbocycles. The van der Waals surface area contributed by atoms with Crippen molar-refractivity contribution >= 4 is 0 Å². The molecule has 0 spiro atoms. The lowest BCUT2D eigenvalue weighted by Gasteiger charge is -2.38. The molecule has 100 valence electrons. The van der Waals surface area contributed by atoms with Crippen molar-refractivity contribution in [1.29, 1.82) is 0 Å². The maximum absolute atomic E-state index is 2.42. The molecule has 0 amide bonds. The highest BCUT2D eigenvalue weighted by Gasteiger charge is 2.24. The van der Waals surface area contributed by atoms with E-state index < -0.39 is 0 Å². The molecule has 2 rings (SSSR count). The lowest BCUT2D eigenvalue weighted by Crippen LogP contribution is -2.46. The molecule has 1 unspecified atom stereocenters. The Bertz CT molecular complexity index is 360. The molecule has 1 aliphatic rings. The van der Waals surface area contributed by atoms with Crippen LogP contribution in [0.15, 0.2) is 24.3 Å². The van der Waals surface area contributed by atoms with Gasteiger partial charge in [0.15, 0.2) is 0 Å². The fourth-order valence-corrected chi connectivity index (χ4v) is 3.06. The summed E-state index contributed by atoms with van der Waals surface area (Å²) in [5, 5.41) is 0. The van der Waals surface area contributed by atoms with Crippen molar-refractivity contribution in [1.82, 2.24) is 0 Å². The zero-order valence-corrected chi connectivity index (χ0v) is 12.3. The third-order valence-electron chi connectivity index (χ3n) is 4.62. The standard InChI is InChI=1S/C17H28N/c1-4-15(2)17-10-8-16(9-11-17)14-18(3)12-6-5-7-13-18/h8-11,15H,4-7,12-14H2,1-3H3/q+1. The van der Waals surface area contributed by atoms with Gasteiger partial charge >= 0.3 is 0 Å².